The summed E-state index contributed by atoms with van der Waals surface area (Å²) in [7, 11) is -1.94. The van der Waals surface area contributed by atoms with Crippen molar-refractivity contribution >= 4 is 10.0 Å². The van der Waals surface area contributed by atoms with Gasteiger partial charge in [-0.3, -0.25) is 5.10 Å². The van der Waals surface area contributed by atoms with Crippen LogP contribution in [0, 0.1) is 12.8 Å². The number of aromatic amines is 1. The molecular weight excluding hydrogens is 288 g/mol. The lowest BCUT2D eigenvalue weighted by molar-refractivity contribution is 0.336. The molecule has 1 rings (SSSR count). The highest BCUT2D eigenvalue weighted by molar-refractivity contribution is 7.89. The Labute approximate surface area is 128 Å². The molecule has 1 atom stereocenters. The zero-order valence-corrected chi connectivity index (χ0v) is 14.7. The summed E-state index contributed by atoms with van der Waals surface area (Å²) in [4.78, 5) is 0. The highest BCUT2D eigenvalue weighted by Gasteiger charge is 2.31. The zero-order valence-electron chi connectivity index (χ0n) is 13.9. The van der Waals surface area contributed by atoms with Crippen molar-refractivity contribution < 1.29 is 8.42 Å². The molecule has 1 unspecified atom stereocenters. The maximum absolute atomic E-state index is 12.8. The van der Waals surface area contributed by atoms with Gasteiger partial charge in [0.25, 0.3) is 10.0 Å². The molecule has 122 valence electrons. The minimum absolute atomic E-state index is 0.0565. The Kier molecular flexibility index (Phi) is 6.37. The van der Waals surface area contributed by atoms with Crippen LogP contribution in [0.2, 0.25) is 0 Å². The molecule has 1 aromatic heterocycles. The van der Waals surface area contributed by atoms with Crippen LogP contribution in [-0.4, -0.2) is 42.6 Å². The Bertz CT molecular complexity index is 551. The van der Waals surface area contributed by atoms with Crippen LogP contribution in [0.4, 0.5) is 0 Å². The van der Waals surface area contributed by atoms with Gasteiger partial charge in [-0.2, -0.15) is 9.40 Å². The average molecular weight is 316 g/mol. The van der Waals surface area contributed by atoms with Crippen molar-refractivity contribution in [2.24, 2.45) is 5.92 Å². The van der Waals surface area contributed by atoms with Crippen molar-refractivity contribution in [3.63, 3.8) is 0 Å². The van der Waals surface area contributed by atoms with Gasteiger partial charge in [0.1, 0.15) is 0 Å². The van der Waals surface area contributed by atoms with Gasteiger partial charge in [-0.1, -0.05) is 20.8 Å². The Morgan fingerprint density at radius 1 is 1.33 bits per heavy atom. The van der Waals surface area contributed by atoms with Crippen molar-refractivity contribution in [3.05, 3.63) is 11.3 Å². The van der Waals surface area contributed by atoms with Gasteiger partial charge in [-0.25, -0.2) is 8.42 Å². The van der Waals surface area contributed by atoms with Crippen LogP contribution in [0.3, 0.4) is 0 Å². The first-order valence-electron chi connectivity index (χ1n) is 7.44. The van der Waals surface area contributed by atoms with Crippen LogP contribution in [-0.2, 0) is 16.6 Å². The number of sulfonamides is 1. The van der Waals surface area contributed by atoms with E-state index in [4.69, 9.17) is 0 Å². The number of nitrogens with zero attached hydrogens (tertiary/aromatic N) is 2. The van der Waals surface area contributed by atoms with Crippen molar-refractivity contribution in [1.29, 1.82) is 0 Å². The maximum atomic E-state index is 12.8. The third-order valence-corrected chi connectivity index (χ3v) is 5.59. The molecule has 0 radical (unpaired) electrons. The minimum Gasteiger partial charge on any atom is -0.313 e. The van der Waals surface area contributed by atoms with Crippen LogP contribution in [0.15, 0.2) is 5.03 Å². The third kappa shape index (κ3) is 4.28. The summed E-state index contributed by atoms with van der Waals surface area (Å²) < 4.78 is 27.0. The van der Waals surface area contributed by atoms with Gasteiger partial charge < -0.3 is 5.32 Å². The molecule has 0 amide bonds. The first-order chi connectivity index (χ1) is 9.71. The molecule has 1 heterocycles. The molecule has 0 aliphatic heterocycles. The Morgan fingerprint density at radius 2 is 1.95 bits per heavy atom. The molecule has 0 fully saturated rings. The van der Waals surface area contributed by atoms with E-state index in [0.717, 1.165) is 24.2 Å². The SMILES string of the molecule is CCNCc1c(S(=O)(=O)N(C)C(C)CC(C)C)n[nH]c1C. The van der Waals surface area contributed by atoms with E-state index < -0.39 is 10.0 Å². The van der Waals surface area contributed by atoms with Gasteiger partial charge in [0.2, 0.25) is 0 Å². The second kappa shape index (κ2) is 7.38. The quantitative estimate of drug-likeness (QED) is 0.767. The molecule has 7 heteroatoms. The van der Waals surface area contributed by atoms with Gasteiger partial charge in [-0.15, -0.1) is 0 Å². The van der Waals surface area contributed by atoms with Gasteiger partial charge in [0, 0.05) is 30.9 Å². The number of rotatable bonds is 8. The molecule has 0 aliphatic carbocycles. The minimum atomic E-state index is -3.57. The van der Waals surface area contributed by atoms with E-state index >= 15 is 0 Å². The van der Waals surface area contributed by atoms with Crippen LogP contribution in [0.5, 0.6) is 0 Å². The smallest absolute Gasteiger partial charge is 0.262 e. The lowest BCUT2D eigenvalue weighted by atomic mass is 10.1. The topological polar surface area (TPSA) is 78.1 Å². The van der Waals surface area contributed by atoms with E-state index in [0.29, 0.717) is 12.5 Å². The number of aromatic nitrogens is 2. The normalized spacial score (nSPS) is 14.1. The molecule has 0 spiro atoms. The predicted molar refractivity (Wildman–Crippen MR) is 84.6 cm³/mol. The Balaban J connectivity index is 3.07. The fourth-order valence-corrected chi connectivity index (χ4v) is 3.84. The highest BCUT2D eigenvalue weighted by Crippen LogP contribution is 2.23. The maximum Gasteiger partial charge on any atom is 0.262 e. The van der Waals surface area contributed by atoms with E-state index in [1.54, 1.807) is 7.05 Å². The number of nitrogens with one attached hydrogen (secondary N) is 2. The van der Waals surface area contributed by atoms with Crippen LogP contribution in [0.25, 0.3) is 0 Å². The molecule has 0 saturated carbocycles. The second-order valence-corrected chi connectivity index (χ2v) is 7.83. The van der Waals surface area contributed by atoms with E-state index in [1.807, 2.05) is 20.8 Å². The highest BCUT2D eigenvalue weighted by atomic mass is 32.2. The van der Waals surface area contributed by atoms with E-state index in [1.165, 1.54) is 4.31 Å². The molecule has 2 N–H and O–H groups in total. The predicted octanol–water partition coefficient (Wildman–Crippen LogP) is 1.88. The summed E-state index contributed by atoms with van der Waals surface area (Å²) in [6, 6.07) is -0.0565. The fourth-order valence-electron chi connectivity index (χ4n) is 2.31. The van der Waals surface area contributed by atoms with Crippen molar-refractivity contribution in [1.82, 2.24) is 19.8 Å². The molecule has 0 saturated heterocycles. The monoisotopic (exact) mass is 316 g/mol. The molecule has 6 nitrogen and oxygen atoms in total. The first kappa shape index (κ1) is 18.1. The largest absolute Gasteiger partial charge is 0.313 e. The molecule has 1 aromatic rings. The van der Waals surface area contributed by atoms with Crippen LogP contribution >= 0.6 is 0 Å². The Morgan fingerprint density at radius 3 is 2.48 bits per heavy atom. The molecular formula is C14H28N4O2S. The lowest BCUT2D eigenvalue weighted by Crippen LogP contribution is -2.36. The second-order valence-electron chi connectivity index (χ2n) is 5.91. The summed E-state index contributed by atoms with van der Waals surface area (Å²) in [5, 5.41) is 10.1. The summed E-state index contributed by atoms with van der Waals surface area (Å²) in [5.74, 6) is 0.444. The first-order valence-corrected chi connectivity index (χ1v) is 8.88. The number of H-pyrrole nitrogens is 1. The summed E-state index contributed by atoms with van der Waals surface area (Å²) >= 11 is 0. The molecule has 0 aromatic carbocycles. The lowest BCUT2D eigenvalue weighted by Gasteiger charge is -2.25. The number of aryl methyl sites for hydroxylation is 1. The summed E-state index contributed by atoms with van der Waals surface area (Å²) in [6.45, 7) is 11.2. The van der Waals surface area contributed by atoms with E-state index in [9.17, 15) is 8.42 Å². The van der Waals surface area contributed by atoms with Crippen molar-refractivity contribution in [3.8, 4) is 0 Å². The number of hydrogen-bond acceptors (Lipinski definition) is 4. The van der Waals surface area contributed by atoms with Crippen LogP contribution in [0.1, 0.15) is 45.4 Å². The van der Waals surface area contributed by atoms with Gasteiger partial charge in [0.15, 0.2) is 5.03 Å². The summed E-state index contributed by atoms with van der Waals surface area (Å²) in [5.41, 5.74) is 1.51. The van der Waals surface area contributed by atoms with E-state index in [2.05, 4.69) is 29.4 Å². The zero-order chi connectivity index (χ0) is 16.2. The van der Waals surface area contributed by atoms with Crippen molar-refractivity contribution in [2.75, 3.05) is 13.6 Å². The van der Waals surface area contributed by atoms with Crippen LogP contribution < -0.4 is 5.32 Å². The van der Waals surface area contributed by atoms with E-state index in [-0.39, 0.29) is 11.1 Å². The van der Waals surface area contributed by atoms with Gasteiger partial charge in [-0.05, 0) is 32.7 Å². The standard InChI is InChI=1S/C14H28N4O2S/c1-7-15-9-13-12(5)16-17-14(13)21(19,20)18(6)11(4)8-10(2)3/h10-11,15H,7-9H2,1-6H3,(H,16,17). The molecule has 0 aliphatic rings. The fraction of sp³-hybridized carbons (Fsp3) is 0.786. The Hall–Kier alpha value is -0.920. The third-order valence-electron chi connectivity index (χ3n) is 3.64. The molecule has 21 heavy (non-hydrogen) atoms. The number of hydrogen-bond donors (Lipinski definition) is 2. The van der Waals surface area contributed by atoms with Crippen molar-refractivity contribution in [2.45, 2.75) is 58.7 Å². The summed E-state index contributed by atoms with van der Waals surface area (Å²) in [6.07, 6.45) is 0.821. The average Bonchev–Trinajstić information content (AvgIpc) is 2.76. The molecule has 0 bridgehead atoms. The van der Waals surface area contributed by atoms with Gasteiger partial charge in [0.05, 0.1) is 0 Å². The van der Waals surface area contributed by atoms with Gasteiger partial charge >= 0.3 is 0 Å².